The van der Waals surface area contributed by atoms with Crippen LogP contribution in [0.5, 0.6) is 0 Å². The minimum Gasteiger partial charge on any atom is -0.381 e. The van der Waals surface area contributed by atoms with E-state index < -0.39 is 29.1 Å². The van der Waals surface area contributed by atoms with Gasteiger partial charge in [-0.2, -0.15) is 0 Å². The molecule has 1 aliphatic rings. The predicted octanol–water partition coefficient (Wildman–Crippen LogP) is 0.565. The van der Waals surface area contributed by atoms with E-state index in [1.54, 1.807) is 0 Å². The van der Waals surface area contributed by atoms with E-state index in [1.807, 2.05) is 0 Å². The van der Waals surface area contributed by atoms with Crippen molar-refractivity contribution in [1.29, 1.82) is 0 Å². The maximum absolute atomic E-state index is 13.5. The summed E-state index contributed by atoms with van der Waals surface area (Å²) < 4.78 is 32.1. The van der Waals surface area contributed by atoms with E-state index in [2.05, 4.69) is 10.6 Å². The molecule has 0 radical (unpaired) electrons. The average molecular weight is 341 g/mol. The van der Waals surface area contributed by atoms with Gasteiger partial charge in [-0.05, 0) is 30.9 Å². The lowest BCUT2D eigenvalue weighted by Gasteiger charge is -2.26. The van der Waals surface area contributed by atoms with E-state index in [-0.39, 0.29) is 24.9 Å². The Hall–Kier alpha value is -2.06. The SMILES string of the molecule is NC(C(=O)NCCNC(=O)c1c(F)cccc1F)C1CCOCC1. The molecule has 1 aromatic carbocycles. The molecule has 1 fully saturated rings. The summed E-state index contributed by atoms with van der Waals surface area (Å²) in [5.74, 6) is -2.97. The van der Waals surface area contributed by atoms with Crippen LogP contribution in [0.1, 0.15) is 23.2 Å². The molecule has 0 aliphatic carbocycles. The molecule has 1 aliphatic heterocycles. The molecule has 2 rings (SSSR count). The summed E-state index contributed by atoms with van der Waals surface area (Å²) in [5.41, 5.74) is 5.27. The number of rotatable bonds is 6. The van der Waals surface area contributed by atoms with Gasteiger partial charge in [0.15, 0.2) is 0 Å². The van der Waals surface area contributed by atoms with Crippen molar-refractivity contribution in [1.82, 2.24) is 10.6 Å². The Balaban J connectivity index is 1.74. The number of nitrogens with one attached hydrogen (secondary N) is 2. The Bertz CT molecular complexity index is 572. The number of hydrogen-bond donors (Lipinski definition) is 3. The Morgan fingerprint density at radius 2 is 1.75 bits per heavy atom. The van der Waals surface area contributed by atoms with Crippen LogP contribution in [-0.4, -0.2) is 44.2 Å². The standard InChI is InChI=1S/C16H21F2N3O3/c17-11-2-1-3-12(18)13(11)15(22)20-6-7-21-16(23)14(19)10-4-8-24-9-5-10/h1-3,10,14H,4-9,19H2,(H,20,22)(H,21,23). The van der Waals surface area contributed by atoms with E-state index in [9.17, 15) is 18.4 Å². The lowest BCUT2D eigenvalue weighted by Crippen LogP contribution is -2.48. The lowest BCUT2D eigenvalue weighted by atomic mass is 9.92. The van der Waals surface area contributed by atoms with Gasteiger partial charge in [-0.3, -0.25) is 9.59 Å². The zero-order valence-corrected chi connectivity index (χ0v) is 13.2. The van der Waals surface area contributed by atoms with Crippen LogP contribution >= 0.6 is 0 Å². The number of carbonyl (C=O) groups excluding carboxylic acids is 2. The van der Waals surface area contributed by atoms with Gasteiger partial charge in [0.2, 0.25) is 5.91 Å². The predicted molar refractivity (Wildman–Crippen MR) is 83.2 cm³/mol. The minimum atomic E-state index is -0.932. The van der Waals surface area contributed by atoms with Crippen molar-refractivity contribution in [2.24, 2.45) is 11.7 Å². The molecule has 0 aromatic heterocycles. The van der Waals surface area contributed by atoms with Crippen LogP contribution < -0.4 is 16.4 Å². The third kappa shape index (κ3) is 4.72. The van der Waals surface area contributed by atoms with E-state index in [1.165, 1.54) is 6.07 Å². The molecular weight excluding hydrogens is 320 g/mol. The molecule has 132 valence electrons. The molecule has 6 nitrogen and oxygen atoms in total. The fourth-order valence-corrected chi connectivity index (χ4v) is 2.57. The Kier molecular flexibility index (Phi) is 6.62. The number of halogens is 2. The van der Waals surface area contributed by atoms with Crippen LogP contribution in [-0.2, 0) is 9.53 Å². The van der Waals surface area contributed by atoms with E-state index >= 15 is 0 Å². The molecular formula is C16H21F2N3O3. The number of amides is 2. The Morgan fingerprint density at radius 1 is 1.17 bits per heavy atom. The quantitative estimate of drug-likeness (QED) is 0.659. The summed E-state index contributed by atoms with van der Waals surface area (Å²) in [7, 11) is 0. The van der Waals surface area contributed by atoms with Gasteiger partial charge in [0.05, 0.1) is 6.04 Å². The molecule has 24 heavy (non-hydrogen) atoms. The zero-order chi connectivity index (χ0) is 17.5. The average Bonchev–Trinajstić information content (AvgIpc) is 2.58. The van der Waals surface area contributed by atoms with Gasteiger partial charge in [-0.25, -0.2) is 8.78 Å². The summed E-state index contributed by atoms with van der Waals surface area (Å²) in [6.45, 7) is 1.35. The van der Waals surface area contributed by atoms with Gasteiger partial charge in [-0.1, -0.05) is 6.07 Å². The van der Waals surface area contributed by atoms with Gasteiger partial charge in [-0.15, -0.1) is 0 Å². The first-order chi connectivity index (χ1) is 11.5. The van der Waals surface area contributed by atoms with Crippen LogP contribution in [0.3, 0.4) is 0 Å². The number of carbonyl (C=O) groups is 2. The summed E-state index contributed by atoms with van der Waals surface area (Å²) in [4.78, 5) is 23.7. The van der Waals surface area contributed by atoms with E-state index in [0.717, 1.165) is 25.0 Å². The van der Waals surface area contributed by atoms with E-state index in [0.29, 0.717) is 13.2 Å². The highest BCUT2D eigenvalue weighted by atomic mass is 19.1. The van der Waals surface area contributed by atoms with Gasteiger partial charge in [0.25, 0.3) is 5.91 Å². The first-order valence-electron chi connectivity index (χ1n) is 7.84. The molecule has 0 bridgehead atoms. The van der Waals surface area contributed by atoms with Crippen molar-refractivity contribution in [2.75, 3.05) is 26.3 Å². The third-order valence-corrected chi connectivity index (χ3v) is 3.98. The number of nitrogens with two attached hydrogens (primary N) is 1. The second kappa shape index (κ2) is 8.70. The molecule has 2 amide bonds. The fraction of sp³-hybridized carbons (Fsp3) is 0.500. The maximum atomic E-state index is 13.5. The molecule has 1 aromatic rings. The number of ether oxygens (including phenoxy) is 1. The highest BCUT2D eigenvalue weighted by Crippen LogP contribution is 2.17. The molecule has 4 N–H and O–H groups in total. The van der Waals surface area contributed by atoms with Crippen LogP contribution in [0.2, 0.25) is 0 Å². The summed E-state index contributed by atoms with van der Waals surface area (Å²) in [6.07, 6.45) is 1.47. The van der Waals surface area contributed by atoms with Crippen LogP contribution in [0.4, 0.5) is 8.78 Å². The van der Waals surface area contributed by atoms with Crippen LogP contribution in [0.25, 0.3) is 0 Å². The summed E-state index contributed by atoms with van der Waals surface area (Å²) in [6, 6.07) is 2.56. The number of benzene rings is 1. The second-order valence-corrected chi connectivity index (χ2v) is 5.62. The summed E-state index contributed by atoms with van der Waals surface area (Å²) >= 11 is 0. The van der Waals surface area contributed by atoms with Crippen molar-refractivity contribution in [3.8, 4) is 0 Å². The molecule has 1 saturated heterocycles. The normalized spacial score (nSPS) is 16.5. The highest BCUT2D eigenvalue weighted by Gasteiger charge is 2.26. The minimum absolute atomic E-state index is 0.0405. The second-order valence-electron chi connectivity index (χ2n) is 5.62. The molecule has 0 saturated carbocycles. The largest absolute Gasteiger partial charge is 0.381 e. The van der Waals surface area contributed by atoms with Crippen molar-refractivity contribution in [2.45, 2.75) is 18.9 Å². The fourth-order valence-electron chi connectivity index (χ4n) is 2.57. The van der Waals surface area contributed by atoms with Gasteiger partial charge in [0.1, 0.15) is 17.2 Å². The molecule has 1 atom stereocenters. The lowest BCUT2D eigenvalue weighted by molar-refractivity contribution is -0.124. The monoisotopic (exact) mass is 341 g/mol. The smallest absolute Gasteiger partial charge is 0.257 e. The molecule has 1 heterocycles. The Labute approximate surface area is 138 Å². The first kappa shape index (κ1) is 18.3. The van der Waals surface area contributed by atoms with Crippen molar-refractivity contribution < 1.29 is 23.1 Å². The molecule has 1 unspecified atom stereocenters. The van der Waals surface area contributed by atoms with Gasteiger partial charge in [0, 0.05) is 26.3 Å². The van der Waals surface area contributed by atoms with Crippen molar-refractivity contribution in [3.05, 3.63) is 35.4 Å². The van der Waals surface area contributed by atoms with Crippen molar-refractivity contribution >= 4 is 11.8 Å². The maximum Gasteiger partial charge on any atom is 0.257 e. The molecule has 8 heteroatoms. The highest BCUT2D eigenvalue weighted by molar-refractivity contribution is 5.94. The molecule has 0 spiro atoms. The van der Waals surface area contributed by atoms with Gasteiger partial charge < -0.3 is 21.1 Å². The van der Waals surface area contributed by atoms with Crippen LogP contribution in [0, 0.1) is 17.6 Å². The van der Waals surface area contributed by atoms with Crippen LogP contribution in [0.15, 0.2) is 18.2 Å². The van der Waals surface area contributed by atoms with Crippen molar-refractivity contribution in [3.63, 3.8) is 0 Å². The summed E-state index contributed by atoms with van der Waals surface area (Å²) in [5, 5.41) is 4.97. The third-order valence-electron chi connectivity index (χ3n) is 3.98. The first-order valence-corrected chi connectivity index (χ1v) is 7.84. The zero-order valence-electron chi connectivity index (χ0n) is 13.2. The van der Waals surface area contributed by atoms with E-state index in [4.69, 9.17) is 10.5 Å². The Morgan fingerprint density at radius 3 is 2.38 bits per heavy atom. The number of hydrogen-bond acceptors (Lipinski definition) is 4. The topological polar surface area (TPSA) is 93.5 Å². The van der Waals surface area contributed by atoms with Gasteiger partial charge >= 0.3 is 0 Å².